The van der Waals surface area contributed by atoms with Gasteiger partial charge in [0, 0.05) is 5.56 Å². The minimum atomic E-state index is -3.62. The molecule has 1 heterocycles. The SMILES string of the molecule is COc1ccc(-c2nnc(NC(=O)C(C)(C)S(=O)(=O)CCC(C)C)[nH]2)cc1. The quantitative estimate of drug-likeness (QED) is 0.711. The highest BCUT2D eigenvalue weighted by molar-refractivity contribution is 7.93. The number of amides is 1. The van der Waals surface area contributed by atoms with Gasteiger partial charge in [0.25, 0.3) is 0 Å². The molecule has 2 aromatic rings. The third kappa shape index (κ3) is 4.85. The molecule has 0 saturated carbocycles. The predicted octanol–water partition coefficient (Wildman–Crippen LogP) is 2.66. The summed E-state index contributed by atoms with van der Waals surface area (Å²) in [6.07, 6.45) is 0.503. The lowest BCUT2D eigenvalue weighted by Crippen LogP contribution is -2.46. The average molecular weight is 394 g/mol. The summed E-state index contributed by atoms with van der Waals surface area (Å²) in [5.41, 5.74) is 0.757. The summed E-state index contributed by atoms with van der Waals surface area (Å²) in [5.74, 6) is 0.800. The second-order valence-electron chi connectivity index (χ2n) is 7.22. The molecule has 0 aliphatic heterocycles. The smallest absolute Gasteiger partial charge is 0.247 e. The summed E-state index contributed by atoms with van der Waals surface area (Å²) in [4.78, 5) is 15.4. The highest BCUT2D eigenvalue weighted by Crippen LogP contribution is 2.23. The molecule has 0 aliphatic carbocycles. The van der Waals surface area contributed by atoms with Crippen molar-refractivity contribution in [2.24, 2.45) is 5.92 Å². The van der Waals surface area contributed by atoms with E-state index in [1.54, 1.807) is 31.4 Å². The Bertz CT molecular complexity index is 886. The number of aromatic amines is 1. The number of methoxy groups -OCH3 is 1. The summed E-state index contributed by atoms with van der Waals surface area (Å²) in [5, 5.41) is 10.4. The monoisotopic (exact) mass is 394 g/mol. The van der Waals surface area contributed by atoms with Crippen LogP contribution in [-0.2, 0) is 14.6 Å². The Morgan fingerprint density at radius 1 is 1.22 bits per heavy atom. The van der Waals surface area contributed by atoms with Crippen LogP contribution in [0.25, 0.3) is 11.4 Å². The van der Waals surface area contributed by atoms with Gasteiger partial charge in [-0.05, 0) is 50.5 Å². The third-order valence-electron chi connectivity index (χ3n) is 4.37. The van der Waals surface area contributed by atoms with Crippen molar-refractivity contribution >= 4 is 21.7 Å². The molecule has 0 bridgehead atoms. The molecule has 0 radical (unpaired) electrons. The lowest BCUT2D eigenvalue weighted by Gasteiger charge is -2.23. The molecule has 27 heavy (non-hydrogen) atoms. The molecule has 0 spiro atoms. The molecule has 1 aromatic carbocycles. The molecule has 0 unspecified atom stereocenters. The topological polar surface area (TPSA) is 114 Å². The van der Waals surface area contributed by atoms with E-state index in [1.807, 2.05) is 13.8 Å². The van der Waals surface area contributed by atoms with E-state index in [9.17, 15) is 13.2 Å². The Balaban J connectivity index is 2.12. The Morgan fingerprint density at radius 3 is 2.41 bits per heavy atom. The predicted molar refractivity (Wildman–Crippen MR) is 104 cm³/mol. The van der Waals surface area contributed by atoms with Gasteiger partial charge in [-0.3, -0.25) is 10.1 Å². The van der Waals surface area contributed by atoms with E-state index in [-0.39, 0.29) is 17.6 Å². The Hall–Kier alpha value is -2.42. The molecular formula is C18H26N4O4S. The van der Waals surface area contributed by atoms with Gasteiger partial charge in [0.1, 0.15) is 10.5 Å². The van der Waals surface area contributed by atoms with Crippen LogP contribution < -0.4 is 10.1 Å². The van der Waals surface area contributed by atoms with E-state index in [1.165, 1.54) is 13.8 Å². The number of hydrogen-bond acceptors (Lipinski definition) is 6. The molecule has 0 atom stereocenters. The summed E-state index contributed by atoms with van der Waals surface area (Å²) < 4.78 is 28.6. The molecule has 9 heteroatoms. The number of rotatable bonds is 8. The Kier molecular flexibility index (Phi) is 6.25. The van der Waals surface area contributed by atoms with Crippen molar-refractivity contribution in [1.82, 2.24) is 15.2 Å². The van der Waals surface area contributed by atoms with Gasteiger partial charge in [0.05, 0.1) is 12.9 Å². The fourth-order valence-corrected chi connectivity index (χ4v) is 3.87. The van der Waals surface area contributed by atoms with Crippen LogP contribution in [0.3, 0.4) is 0 Å². The highest BCUT2D eigenvalue weighted by atomic mass is 32.2. The molecule has 1 aromatic heterocycles. The van der Waals surface area contributed by atoms with Gasteiger partial charge in [-0.2, -0.15) is 0 Å². The normalized spacial score (nSPS) is 12.2. The number of nitrogens with zero attached hydrogens (tertiary/aromatic N) is 2. The second kappa shape index (κ2) is 8.08. The average Bonchev–Trinajstić information content (AvgIpc) is 3.08. The maximum absolute atomic E-state index is 12.6. The summed E-state index contributed by atoms with van der Waals surface area (Å²) in [7, 11) is -2.04. The van der Waals surface area contributed by atoms with Crippen molar-refractivity contribution in [2.45, 2.75) is 38.9 Å². The van der Waals surface area contributed by atoms with Crippen molar-refractivity contribution in [2.75, 3.05) is 18.2 Å². The molecule has 0 saturated heterocycles. The first-order chi connectivity index (χ1) is 12.6. The van der Waals surface area contributed by atoms with Crippen LogP contribution in [0.15, 0.2) is 24.3 Å². The van der Waals surface area contributed by atoms with Gasteiger partial charge in [0.2, 0.25) is 11.9 Å². The van der Waals surface area contributed by atoms with Crippen LogP contribution >= 0.6 is 0 Å². The van der Waals surface area contributed by atoms with Crippen molar-refractivity contribution < 1.29 is 17.9 Å². The number of anilines is 1. The first-order valence-corrected chi connectivity index (χ1v) is 10.3. The summed E-state index contributed by atoms with van der Waals surface area (Å²) >= 11 is 0. The first kappa shape index (κ1) is 20.9. The van der Waals surface area contributed by atoms with Gasteiger partial charge in [-0.1, -0.05) is 13.8 Å². The highest BCUT2D eigenvalue weighted by Gasteiger charge is 2.41. The number of aromatic nitrogens is 3. The van der Waals surface area contributed by atoms with E-state index in [0.717, 1.165) is 5.56 Å². The number of sulfone groups is 1. The number of benzene rings is 1. The molecule has 1 amide bonds. The van der Waals surface area contributed by atoms with Gasteiger partial charge in [-0.15, -0.1) is 10.2 Å². The molecule has 0 aliphatic rings. The zero-order valence-electron chi connectivity index (χ0n) is 16.2. The lowest BCUT2D eigenvalue weighted by molar-refractivity contribution is -0.117. The van der Waals surface area contributed by atoms with E-state index >= 15 is 0 Å². The van der Waals surface area contributed by atoms with Crippen LogP contribution in [0.5, 0.6) is 5.75 Å². The first-order valence-electron chi connectivity index (χ1n) is 8.67. The summed E-state index contributed by atoms with van der Waals surface area (Å²) in [6, 6.07) is 7.15. The number of carbonyl (C=O) groups is 1. The minimum absolute atomic E-state index is 0.0431. The van der Waals surface area contributed by atoms with Crippen molar-refractivity contribution in [1.29, 1.82) is 0 Å². The van der Waals surface area contributed by atoms with Gasteiger partial charge in [0.15, 0.2) is 15.7 Å². The number of ether oxygens (including phenoxy) is 1. The van der Waals surface area contributed by atoms with Crippen molar-refractivity contribution in [3.8, 4) is 17.1 Å². The van der Waals surface area contributed by atoms with Crippen LogP contribution in [0.4, 0.5) is 5.95 Å². The Morgan fingerprint density at radius 2 is 1.85 bits per heavy atom. The van der Waals surface area contributed by atoms with Crippen LogP contribution in [0.1, 0.15) is 34.1 Å². The maximum Gasteiger partial charge on any atom is 0.247 e. The molecule has 2 rings (SSSR count). The van der Waals surface area contributed by atoms with Gasteiger partial charge in [-0.25, -0.2) is 8.42 Å². The third-order valence-corrected chi connectivity index (χ3v) is 6.88. The van der Waals surface area contributed by atoms with Crippen LogP contribution in [0.2, 0.25) is 0 Å². The van der Waals surface area contributed by atoms with Crippen LogP contribution in [0, 0.1) is 5.92 Å². The molecular weight excluding hydrogens is 368 g/mol. The van der Waals surface area contributed by atoms with E-state index in [4.69, 9.17) is 4.74 Å². The lowest BCUT2D eigenvalue weighted by atomic mass is 10.2. The minimum Gasteiger partial charge on any atom is -0.497 e. The zero-order chi connectivity index (χ0) is 20.2. The fraction of sp³-hybridized carbons (Fsp3) is 0.500. The fourth-order valence-electron chi connectivity index (χ4n) is 2.24. The number of H-pyrrole nitrogens is 1. The zero-order valence-corrected chi connectivity index (χ0v) is 17.1. The van der Waals surface area contributed by atoms with Crippen molar-refractivity contribution in [3.05, 3.63) is 24.3 Å². The largest absolute Gasteiger partial charge is 0.497 e. The van der Waals surface area contributed by atoms with Gasteiger partial charge >= 0.3 is 0 Å². The number of carbonyl (C=O) groups excluding carboxylic acids is 1. The summed E-state index contributed by atoms with van der Waals surface area (Å²) in [6.45, 7) is 6.69. The molecule has 0 fully saturated rings. The second-order valence-corrected chi connectivity index (χ2v) is 9.87. The van der Waals surface area contributed by atoms with E-state index in [2.05, 4.69) is 20.5 Å². The molecule has 8 nitrogen and oxygen atoms in total. The maximum atomic E-state index is 12.6. The van der Waals surface area contributed by atoms with E-state index in [0.29, 0.717) is 18.0 Å². The van der Waals surface area contributed by atoms with Crippen LogP contribution in [-0.4, -0.2) is 47.1 Å². The molecule has 2 N–H and O–H groups in total. The standard InChI is InChI=1S/C18H26N4O4S/c1-12(2)10-11-27(24,25)18(3,4)16(23)20-17-19-15(21-22-17)13-6-8-14(26-5)9-7-13/h6-9,12H,10-11H2,1-5H3,(H2,19,20,21,22,23). The number of hydrogen-bond donors (Lipinski definition) is 2. The number of nitrogens with one attached hydrogen (secondary N) is 2. The Labute approximate surface area is 159 Å². The molecule has 148 valence electrons. The van der Waals surface area contributed by atoms with Crippen molar-refractivity contribution in [3.63, 3.8) is 0 Å². The van der Waals surface area contributed by atoms with Gasteiger partial charge < -0.3 is 9.72 Å². The van der Waals surface area contributed by atoms with E-state index < -0.39 is 20.5 Å².